The number of aromatic hydroxyl groups is 1. The number of nitrogens with zero attached hydrogens (tertiary/aromatic N) is 1. The summed E-state index contributed by atoms with van der Waals surface area (Å²) in [6.45, 7) is 0.149. The van der Waals surface area contributed by atoms with Crippen molar-refractivity contribution in [1.29, 1.82) is 0 Å². The summed E-state index contributed by atoms with van der Waals surface area (Å²) in [4.78, 5) is 10.6. The van der Waals surface area contributed by atoms with E-state index in [1.54, 1.807) is 24.3 Å². The van der Waals surface area contributed by atoms with E-state index < -0.39 is 6.09 Å². The third-order valence-electron chi connectivity index (χ3n) is 1.82. The molecule has 14 heavy (non-hydrogen) atoms. The second kappa shape index (κ2) is 3.37. The number of cyclic esters (lactones) is 1. The second-order valence-electron chi connectivity index (χ2n) is 2.79. The normalized spacial score (nSPS) is 15.4. The van der Waals surface area contributed by atoms with Gasteiger partial charge in [0.25, 0.3) is 0 Å². The zero-order valence-corrected chi connectivity index (χ0v) is 7.23. The van der Waals surface area contributed by atoms with E-state index in [9.17, 15) is 4.79 Å². The van der Waals surface area contributed by atoms with Gasteiger partial charge in [0.15, 0.2) is 0 Å². The minimum absolute atomic E-state index is 0.149. The number of hydrazone groups is 1. The quantitative estimate of drug-likeness (QED) is 0.692. The molecule has 2 rings (SSSR count). The Balaban J connectivity index is 2.23. The maximum Gasteiger partial charge on any atom is 0.428 e. The molecular weight excluding hydrogens is 184 g/mol. The van der Waals surface area contributed by atoms with E-state index in [0.29, 0.717) is 5.71 Å². The number of carbonyl (C=O) groups excluding carboxylic acids is 1. The van der Waals surface area contributed by atoms with Crippen molar-refractivity contribution < 1.29 is 14.6 Å². The molecule has 0 saturated heterocycles. The molecule has 1 amide bonds. The maximum absolute atomic E-state index is 10.6. The molecule has 1 aliphatic heterocycles. The highest BCUT2D eigenvalue weighted by Gasteiger charge is 2.13. The van der Waals surface area contributed by atoms with Gasteiger partial charge in [0.2, 0.25) is 0 Å². The maximum atomic E-state index is 10.6. The Kier molecular flexibility index (Phi) is 2.06. The highest BCUT2D eigenvalue weighted by molar-refractivity contribution is 6.03. The number of hydrogen-bond acceptors (Lipinski definition) is 4. The summed E-state index contributed by atoms with van der Waals surface area (Å²) in [7, 11) is 0. The zero-order chi connectivity index (χ0) is 9.97. The molecule has 0 fully saturated rings. The smallest absolute Gasteiger partial charge is 0.428 e. The molecule has 72 valence electrons. The molecule has 1 aliphatic rings. The SMILES string of the molecule is O=C1NN=C(c2ccc(O)cc2)CO1. The average Bonchev–Trinajstić information content (AvgIpc) is 2.21. The number of benzene rings is 1. The number of nitrogens with one attached hydrogen (secondary N) is 1. The van der Waals surface area contributed by atoms with E-state index in [2.05, 4.69) is 10.5 Å². The molecule has 0 radical (unpaired) electrons. The lowest BCUT2D eigenvalue weighted by Gasteiger charge is -2.12. The Morgan fingerprint density at radius 1 is 1.36 bits per heavy atom. The van der Waals surface area contributed by atoms with E-state index in [1.807, 2.05) is 0 Å². The second-order valence-corrected chi connectivity index (χ2v) is 2.79. The topological polar surface area (TPSA) is 70.9 Å². The average molecular weight is 192 g/mol. The van der Waals surface area contributed by atoms with Crippen LogP contribution in [0.25, 0.3) is 0 Å². The molecule has 0 atom stereocenters. The van der Waals surface area contributed by atoms with Crippen LogP contribution in [0, 0.1) is 0 Å². The molecule has 1 aromatic carbocycles. The number of carbonyl (C=O) groups is 1. The molecule has 2 N–H and O–H groups in total. The number of hydrogen-bond donors (Lipinski definition) is 2. The minimum atomic E-state index is -0.549. The first-order valence-electron chi connectivity index (χ1n) is 4.04. The third kappa shape index (κ3) is 1.66. The van der Waals surface area contributed by atoms with Crippen LogP contribution in [0.2, 0.25) is 0 Å². The molecule has 0 aliphatic carbocycles. The molecule has 0 spiro atoms. The van der Waals surface area contributed by atoms with Crippen LogP contribution >= 0.6 is 0 Å². The summed E-state index contributed by atoms with van der Waals surface area (Å²) in [6, 6.07) is 6.51. The Hall–Kier alpha value is -2.04. The summed E-state index contributed by atoms with van der Waals surface area (Å²) in [6.07, 6.45) is -0.549. The monoisotopic (exact) mass is 192 g/mol. The van der Waals surface area contributed by atoms with Crippen molar-refractivity contribution in [2.75, 3.05) is 6.61 Å². The van der Waals surface area contributed by atoms with Gasteiger partial charge in [-0.25, -0.2) is 10.2 Å². The molecule has 0 saturated carbocycles. The van der Waals surface area contributed by atoms with Crippen molar-refractivity contribution in [2.24, 2.45) is 5.10 Å². The number of rotatable bonds is 1. The summed E-state index contributed by atoms with van der Waals surface area (Å²) in [5, 5.41) is 12.9. The molecular formula is C9H8N2O3. The van der Waals surface area contributed by atoms with Crippen LogP contribution < -0.4 is 5.43 Å². The predicted octanol–water partition coefficient (Wildman–Crippen LogP) is 0.836. The summed E-state index contributed by atoms with van der Waals surface area (Å²) >= 11 is 0. The van der Waals surface area contributed by atoms with Gasteiger partial charge in [0.05, 0.1) is 0 Å². The predicted molar refractivity (Wildman–Crippen MR) is 49.1 cm³/mol. The van der Waals surface area contributed by atoms with Crippen molar-refractivity contribution in [3.8, 4) is 5.75 Å². The minimum Gasteiger partial charge on any atom is -0.508 e. The van der Waals surface area contributed by atoms with E-state index in [0.717, 1.165) is 5.56 Å². The lowest BCUT2D eigenvalue weighted by molar-refractivity contribution is 0.157. The highest BCUT2D eigenvalue weighted by Crippen LogP contribution is 2.11. The van der Waals surface area contributed by atoms with E-state index in [1.165, 1.54) is 0 Å². The number of phenolic OH excluding ortho intramolecular Hbond substituents is 1. The van der Waals surface area contributed by atoms with Gasteiger partial charge in [0.1, 0.15) is 18.1 Å². The van der Waals surface area contributed by atoms with Crippen LogP contribution in [0.15, 0.2) is 29.4 Å². The standard InChI is InChI=1S/C9H8N2O3/c12-7-3-1-6(2-4-7)8-5-14-9(13)11-10-8/h1-4,12H,5H2,(H,11,13). The fourth-order valence-corrected chi connectivity index (χ4v) is 1.11. The van der Waals surface area contributed by atoms with Gasteiger partial charge in [-0.1, -0.05) is 0 Å². The van der Waals surface area contributed by atoms with Gasteiger partial charge >= 0.3 is 6.09 Å². The van der Waals surface area contributed by atoms with Crippen LogP contribution in [-0.4, -0.2) is 23.5 Å². The van der Waals surface area contributed by atoms with Gasteiger partial charge in [-0.15, -0.1) is 0 Å². The number of ether oxygens (including phenoxy) is 1. The Morgan fingerprint density at radius 3 is 2.64 bits per heavy atom. The van der Waals surface area contributed by atoms with Gasteiger partial charge in [-0.3, -0.25) is 0 Å². The van der Waals surface area contributed by atoms with Crippen molar-refractivity contribution in [3.05, 3.63) is 29.8 Å². The molecule has 1 aromatic rings. The fraction of sp³-hybridized carbons (Fsp3) is 0.111. The first-order valence-corrected chi connectivity index (χ1v) is 4.04. The number of phenols is 1. The van der Waals surface area contributed by atoms with Crippen LogP contribution in [0.4, 0.5) is 4.79 Å². The molecule has 5 heteroatoms. The summed E-state index contributed by atoms with van der Waals surface area (Å²) in [5.74, 6) is 0.190. The van der Waals surface area contributed by atoms with Crippen LogP contribution in [0.1, 0.15) is 5.56 Å². The first kappa shape index (κ1) is 8.55. The lowest BCUT2D eigenvalue weighted by atomic mass is 10.1. The fourth-order valence-electron chi connectivity index (χ4n) is 1.11. The number of amides is 1. The van der Waals surface area contributed by atoms with Gasteiger partial charge < -0.3 is 9.84 Å². The van der Waals surface area contributed by atoms with Crippen LogP contribution in [0.3, 0.4) is 0 Å². The Bertz CT molecular complexity index is 384. The summed E-state index contributed by atoms with van der Waals surface area (Å²) in [5.41, 5.74) is 3.65. The lowest BCUT2D eigenvalue weighted by Crippen LogP contribution is -2.30. The van der Waals surface area contributed by atoms with Crippen molar-refractivity contribution in [3.63, 3.8) is 0 Å². The molecule has 0 bridgehead atoms. The Labute approximate surface area is 80.0 Å². The molecule has 0 unspecified atom stereocenters. The summed E-state index contributed by atoms with van der Waals surface area (Å²) < 4.78 is 4.73. The zero-order valence-electron chi connectivity index (χ0n) is 7.23. The van der Waals surface area contributed by atoms with Gasteiger partial charge in [-0.2, -0.15) is 5.10 Å². The van der Waals surface area contributed by atoms with Crippen molar-refractivity contribution in [2.45, 2.75) is 0 Å². The molecule has 0 aromatic heterocycles. The highest BCUT2D eigenvalue weighted by atomic mass is 16.6. The van der Waals surface area contributed by atoms with Crippen LogP contribution in [0.5, 0.6) is 5.75 Å². The first-order chi connectivity index (χ1) is 6.75. The van der Waals surface area contributed by atoms with E-state index in [-0.39, 0.29) is 12.4 Å². The van der Waals surface area contributed by atoms with Crippen molar-refractivity contribution >= 4 is 11.8 Å². The largest absolute Gasteiger partial charge is 0.508 e. The Morgan fingerprint density at radius 2 is 2.07 bits per heavy atom. The van der Waals surface area contributed by atoms with E-state index in [4.69, 9.17) is 9.84 Å². The van der Waals surface area contributed by atoms with E-state index >= 15 is 0 Å². The van der Waals surface area contributed by atoms with Crippen LogP contribution in [-0.2, 0) is 4.74 Å². The van der Waals surface area contributed by atoms with Crippen molar-refractivity contribution in [1.82, 2.24) is 5.43 Å². The molecule has 5 nitrogen and oxygen atoms in total. The van der Waals surface area contributed by atoms with Gasteiger partial charge in [0, 0.05) is 5.56 Å². The third-order valence-corrected chi connectivity index (χ3v) is 1.82. The molecule has 1 heterocycles. The van der Waals surface area contributed by atoms with Gasteiger partial charge in [-0.05, 0) is 24.3 Å².